The van der Waals surface area contributed by atoms with E-state index in [-0.39, 0.29) is 5.41 Å². The van der Waals surface area contributed by atoms with E-state index in [1.54, 1.807) is 14.2 Å². The molecule has 2 nitrogen and oxygen atoms in total. The smallest absolute Gasteiger partial charge is 0.170 e. The number of unbranched alkanes of at least 4 members (excludes halogenated alkanes) is 5. The molecule has 0 radical (unpaired) electrons. The van der Waals surface area contributed by atoms with Crippen molar-refractivity contribution in [1.82, 2.24) is 0 Å². The van der Waals surface area contributed by atoms with Crippen molar-refractivity contribution in [2.24, 2.45) is 5.41 Å². The Hall–Kier alpha value is -0.0800. The van der Waals surface area contributed by atoms with E-state index in [1.165, 1.54) is 51.4 Å². The molecule has 19 heavy (non-hydrogen) atoms. The lowest BCUT2D eigenvalue weighted by Gasteiger charge is -2.44. The Labute approximate surface area is 121 Å². The summed E-state index contributed by atoms with van der Waals surface area (Å²) in [5.74, 6) is -0.466. The van der Waals surface area contributed by atoms with Gasteiger partial charge in [0.25, 0.3) is 0 Å². The van der Waals surface area contributed by atoms with Gasteiger partial charge >= 0.3 is 0 Å². The Morgan fingerprint density at radius 3 is 1.68 bits per heavy atom. The fraction of sp³-hybridized carbons (Fsp3) is 1.00. The number of hydrogen-bond donors (Lipinski definition) is 0. The van der Waals surface area contributed by atoms with Crippen LogP contribution >= 0.6 is 0 Å². The quantitative estimate of drug-likeness (QED) is 0.342. The SMILES string of the molecule is CCCCCCCCC(C)(CCC)C(C)(OC)OC. The fourth-order valence-corrected chi connectivity index (χ4v) is 3.00. The van der Waals surface area contributed by atoms with Gasteiger partial charge in [-0.2, -0.15) is 0 Å². The highest BCUT2D eigenvalue weighted by Crippen LogP contribution is 2.43. The molecule has 0 fully saturated rings. The summed E-state index contributed by atoms with van der Waals surface area (Å²) in [6.07, 6.45) is 11.6. The van der Waals surface area contributed by atoms with E-state index in [0.29, 0.717) is 0 Å². The standard InChI is InChI=1S/C17H36O2/c1-7-9-10-11-12-13-15-16(3,14-8-2)17(4,18-5)19-6/h7-15H2,1-6H3. The van der Waals surface area contributed by atoms with Gasteiger partial charge in [-0.1, -0.05) is 65.7 Å². The number of ether oxygens (including phenoxy) is 2. The average molecular weight is 272 g/mol. The summed E-state index contributed by atoms with van der Waals surface area (Å²) in [5.41, 5.74) is 0.107. The van der Waals surface area contributed by atoms with Crippen LogP contribution in [0.2, 0.25) is 0 Å². The Bertz CT molecular complexity index is 211. The maximum absolute atomic E-state index is 5.68. The monoisotopic (exact) mass is 272 g/mol. The van der Waals surface area contributed by atoms with Crippen LogP contribution in [-0.2, 0) is 9.47 Å². The van der Waals surface area contributed by atoms with Gasteiger partial charge in [0, 0.05) is 19.6 Å². The van der Waals surface area contributed by atoms with E-state index in [9.17, 15) is 0 Å². The molecular formula is C17H36O2. The van der Waals surface area contributed by atoms with Gasteiger partial charge in [-0.3, -0.25) is 0 Å². The van der Waals surface area contributed by atoms with Gasteiger partial charge in [-0.15, -0.1) is 0 Å². The Morgan fingerprint density at radius 2 is 1.21 bits per heavy atom. The number of methoxy groups -OCH3 is 2. The zero-order valence-electron chi connectivity index (χ0n) is 14.2. The van der Waals surface area contributed by atoms with E-state index in [4.69, 9.17) is 9.47 Å². The first-order valence-corrected chi connectivity index (χ1v) is 8.10. The van der Waals surface area contributed by atoms with Crippen molar-refractivity contribution in [3.8, 4) is 0 Å². The molecular weight excluding hydrogens is 236 g/mol. The highest BCUT2D eigenvalue weighted by molar-refractivity contribution is 4.87. The fourth-order valence-electron chi connectivity index (χ4n) is 3.00. The van der Waals surface area contributed by atoms with E-state index in [0.717, 1.165) is 6.42 Å². The molecule has 0 aliphatic rings. The third kappa shape index (κ3) is 5.83. The first-order valence-electron chi connectivity index (χ1n) is 8.10. The first kappa shape index (κ1) is 18.9. The largest absolute Gasteiger partial charge is 0.353 e. The van der Waals surface area contributed by atoms with E-state index >= 15 is 0 Å². The molecule has 0 aromatic carbocycles. The zero-order valence-corrected chi connectivity index (χ0v) is 14.2. The Balaban J connectivity index is 4.30. The van der Waals surface area contributed by atoms with Crippen LogP contribution in [0.3, 0.4) is 0 Å². The lowest BCUT2D eigenvalue weighted by Crippen LogP contribution is -2.47. The van der Waals surface area contributed by atoms with Crippen molar-refractivity contribution in [2.45, 2.75) is 91.3 Å². The highest BCUT2D eigenvalue weighted by Gasteiger charge is 2.44. The summed E-state index contributed by atoms with van der Waals surface area (Å²) in [4.78, 5) is 0. The van der Waals surface area contributed by atoms with Crippen LogP contribution in [0.1, 0.15) is 85.5 Å². The van der Waals surface area contributed by atoms with Crippen molar-refractivity contribution < 1.29 is 9.47 Å². The van der Waals surface area contributed by atoms with Gasteiger partial charge in [0.1, 0.15) is 0 Å². The van der Waals surface area contributed by atoms with E-state index in [1.807, 2.05) is 0 Å². The molecule has 0 aliphatic heterocycles. The number of rotatable bonds is 12. The minimum atomic E-state index is -0.466. The summed E-state index contributed by atoms with van der Waals surface area (Å²) in [7, 11) is 3.53. The normalized spacial score (nSPS) is 15.5. The topological polar surface area (TPSA) is 18.5 Å². The van der Waals surface area contributed by atoms with Crippen molar-refractivity contribution in [3.05, 3.63) is 0 Å². The molecule has 0 saturated carbocycles. The molecule has 0 aromatic heterocycles. The van der Waals surface area contributed by atoms with Crippen LogP contribution < -0.4 is 0 Å². The summed E-state index contributed by atoms with van der Waals surface area (Å²) in [6, 6.07) is 0. The first-order chi connectivity index (χ1) is 8.99. The van der Waals surface area contributed by atoms with Crippen LogP contribution in [0.15, 0.2) is 0 Å². The molecule has 0 bridgehead atoms. The summed E-state index contributed by atoms with van der Waals surface area (Å²) >= 11 is 0. The Kier molecular flexibility index (Phi) is 9.72. The second kappa shape index (κ2) is 9.77. The molecule has 1 atom stereocenters. The van der Waals surface area contributed by atoms with Gasteiger partial charge in [-0.25, -0.2) is 0 Å². The van der Waals surface area contributed by atoms with Gasteiger partial charge < -0.3 is 9.47 Å². The predicted octanol–water partition coefficient (Wildman–Crippen LogP) is 5.55. The molecule has 0 saturated heterocycles. The van der Waals surface area contributed by atoms with Gasteiger partial charge in [0.05, 0.1) is 0 Å². The second-order valence-electron chi connectivity index (χ2n) is 6.18. The average Bonchev–Trinajstić information content (AvgIpc) is 2.42. The maximum atomic E-state index is 5.68. The van der Waals surface area contributed by atoms with Crippen molar-refractivity contribution in [1.29, 1.82) is 0 Å². The number of hydrogen-bond acceptors (Lipinski definition) is 2. The van der Waals surface area contributed by atoms with Gasteiger partial charge in [0.15, 0.2) is 5.79 Å². The second-order valence-corrected chi connectivity index (χ2v) is 6.18. The van der Waals surface area contributed by atoms with Crippen molar-refractivity contribution in [2.75, 3.05) is 14.2 Å². The minimum Gasteiger partial charge on any atom is -0.353 e. The molecule has 2 heteroatoms. The van der Waals surface area contributed by atoms with Crippen molar-refractivity contribution >= 4 is 0 Å². The minimum absolute atomic E-state index is 0.107. The molecule has 1 unspecified atom stereocenters. The van der Waals surface area contributed by atoms with Gasteiger partial charge in [0.2, 0.25) is 0 Å². The lowest BCUT2D eigenvalue weighted by molar-refractivity contribution is -0.264. The molecule has 0 aromatic rings. The van der Waals surface area contributed by atoms with Crippen LogP contribution in [0, 0.1) is 5.41 Å². The molecule has 0 heterocycles. The maximum Gasteiger partial charge on any atom is 0.170 e. The zero-order chi connectivity index (χ0) is 14.8. The summed E-state index contributed by atoms with van der Waals surface area (Å²) in [6.45, 7) is 8.90. The van der Waals surface area contributed by atoms with Crippen LogP contribution in [0.25, 0.3) is 0 Å². The molecule has 116 valence electrons. The summed E-state index contributed by atoms with van der Waals surface area (Å²) < 4.78 is 11.4. The molecule has 0 rings (SSSR count). The third-order valence-electron chi connectivity index (χ3n) is 4.76. The predicted molar refractivity (Wildman–Crippen MR) is 83.4 cm³/mol. The molecule has 0 aliphatic carbocycles. The lowest BCUT2D eigenvalue weighted by atomic mass is 9.73. The van der Waals surface area contributed by atoms with Crippen molar-refractivity contribution in [3.63, 3.8) is 0 Å². The molecule has 0 N–H and O–H groups in total. The Morgan fingerprint density at radius 1 is 0.684 bits per heavy atom. The van der Waals surface area contributed by atoms with Gasteiger partial charge in [-0.05, 0) is 19.8 Å². The van der Waals surface area contributed by atoms with E-state index in [2.05, 4.69) is 27.7 Å². The third-order valence-corrected chi connectivity index (χ3v) is 4.76. The molecule has 0 spiro atoms. The van der Waals surface area contributed by atoms with Crippen LogP contribution in [0.4, 0.5) is 0 Å². The van der Waals surface area contributed by atoms with E-state index < -0.39 is 5.79 Å². The molecule has 0 amide bonds. The highest BCUT2D eigenvalue weighted by atomic mass is 16.7. The van der Waals surface area contributed by atoms with Crippen LogP contribution in [0.5, 0.6) is 0 Å². The summed E-state index contributed by atoms with van der Waals surface area (Å²) in [5, 5.41) is 0. The van der Waals surface area contributed by atoms with Crippen LogP contribution in [-0.4, -0.2) is 20.0 Å².